The fourth-order valence-electron chi connectivity index (χ4n) is 2.55. The summed E-state index contributed by atoms with van der Waals surface area (Å²) >= 11 is 0. The number of benzene rings is 1. The Balaban J connectivity index is 1.47. The summed E-state index contributed by atoms with van der Waals surface area (Å²) in [6, 6.07) is 11.0. The molecule has 1 amide bonds. The first kappa shape index (κ1) is 19.2. The maximum atomic E-state index is 12.1. The van der Waals surface area contributed by atoms with Crippen LogP contribution in [0.1, 0.15) is 17.9 Å². The van der Waals surface area contributed by atoms with Crippen LogP contribution in [0.5, 0.6) is 0 Å². The Hall–Kier alpha value is -3.62. The van der Waals surface area contributed by atoms with E-state index in [1.54, 1.807) is 18.5 Å². The van der Waals surface area contributed by atoms with E-state index in [0.29, 0.717) is 12.2 Å². The molecule has 3 aromatic rings. The zero-order chi connectivity index (χ0) is 19.8. The first-order valence-corrected chi connectivity index (χ1v) is 8.75. The number of hydrogen-bond donors (Lipinski definition) is 2. The van der Waals surface area contributed by atoms with E-state index < -0.39 is 11.9 Å². The van der Waals surface area contributed by atoms with Crippen LogP contribution >= 0.6 is 0 Å². The maximum absolute atomic E-state index is 12.1. The number of amides is 1. The molecule has 0 radical (unpaired) electrons. The van der Waals surface area contributed by atoms with Gasteiger partial charge in [-0.05, 0) is 18.1 Å². The van der Waals surface area contributed by atoms with Gasteiger partial charge in [0.25, 0.3) is 0 Å². The third kappa shape index (κ3) is 5.44. The minimum atomic E-state index is -0.950. The number of carboxylic acids is 1. The Morgan fingerprint density at radius 1 is 1.07 bits per heavy atom. The summed E-state index contributed by atoms with van der Waals surface area (Å²) in [5.41, 5.74) is 0.908. The first-order valence-electron chi connectivity index (χ1n) is 8.75. The number of carbonyl (C=O) groups excluding carboxylic acids is 1. The highest BCUT2D eigenvalue weighted by Crippen LogP contribution is 2.11. The third-order valence-electron chi connectivity index (χ3n) is 4.02. The molecule has 2 heterocycles. The molecule has 9 heteroatoms. The molecule has 0 aliphatic carbocycles. The summed E-state index contributed by atoms with van der Waals surface area (Å²) in [6.07, 6.45) is 3.83. The van der Waals surface area contributed by atoms with Crippen molar-refractivity contribution in [3.63, 3.8) is 0 Å². The zero-order valence-corrected chi connectivity index (χ0v) is 15.0. The van der Waals surface area contributed by atoms with Crippen LogP contribution < -0.4 is 5.32 Å². The van der Waals surface area contributed by atoms with Crippen LogP contribution in [0.3, 0.4) is 0 Å². The van der Waals surface area contributed by atoms with Gasteiger partial charge in [0.05, 0.1) is 5.92 Å². The van der Waals surface area contributed by atoms with E-state index in [0.717, 1.165) is 5.56 Å². The molecule has 28 heavy (non-hydrogen) atoms. The van der Waals surface area contributed by atoms with Crippen molar-refractivity contribution in [2.45, 2.75) is 19.3 Å². The molecule has 0 fully saturated rings. The van der Waals surface area contributed by atoms with Crippen LogP contribution in [0.15, 0.2) is 53.3 Å². The monoisotopic (exact) mass is 381 g/mol. The van der Waals surface area contributed by atoms with Gasteiger partial charge in [-0.1, -0.05) is 35.5 Å². The number of rotatable bonds is 9. The van der Waals surface area contributed by atoms with Crippen LogP contribution in [0.25, 0.3) is 11.6 Å². The Kier molecular flexibility index (Phi) is 6.40. The lowest BCUT2D eigenvalue weighted by atomic mass is 9.99. The molecular weight excluding hydrogens is 362 g/mol. The normalized spacial score (nSPS) is 11.7. The van der Waals surface area contributed by atoms with E-state index >= 15 is 0 Å². The van der Waals surface area contributed by atoms with Crippen molar-refractivity contribution in [1.29, 1.82) is 0 Å². The average Bonchev–Trinajstić information content (AvgIpc) is 3.20. The van der Waals surface area contributed by atoms with Gasteiger partial charge >= 0.3 is 5.97 Å². The molecule has 3 rings (SSSR count). The second-order valence-corrected chi connectivity index (χ2v) is 6.11. The Bertz CT molecular complexity index is 914. The van der Waals surface area contributed by atoms with Gasteiger partial charge in [0.2, 0.25) is 23.4 Å². The number of aliphatic carboxylic acids is 1. The fourth-order valence-corrected chi connectivity index (χ4v) is 2.55. The van der Waals surface area contributed by atoms with Crippen molar-refractivity contribution in [2.75, 3.05) is 6.54 Å². The van der Waals surface area contributed by atoms with Crippen molar-refractivity contribution in [2.24, 2.45) is 5.92 Å². The molecule has 144 valence electrons. The predicted molar refractivity (Wildman–Crippen MR) is 97.9 cm³/mol. The molecule has 0 saturated carbocycles. The molecule has 0 bridgehead atoms. The number of aromatic nitrogens is 4. The van der Waals surface area contributed by atoms with Gasteiger partial charge in [-0.25, -0.2) is 9.97 Å². The first-order chi connectivity index (χ1) is 13.6. The molecule has 1 aromatic carbocycles. The van der Waals surface area contributed by atoms with Crippen molar-refractivity contribution in [3.8, 4) is 11.6 Å². The molecule has 0 spiro atoms. The zero-order valence-electron chi connectivity index (χ0n) is 15.0. The summed E-state index contributed by atoms with van der Waals surface area (Å²) in [6.45, 7) is 0.0516. The summed E-state index contributed by atoms with van der Waals surface area (Å²) in [5, 5.41) is 15.8. The van der Waals surface area contributed by atoms with E-state index in [9.17, 15) is 14.7 Å². The smallest absolute Gasteiger partial charge is 0.308 e. The number of carbonyl (C=O) groups is 2. The van der Waals surface area contributed by atoms with E-state index in [1.165, 1.54) is 0 Å². The van der Waals surface area contributed by atoms with Crippen molar-refractivity contribution < 1.29 is 19.2 Å². The van der Waals surface area contributed by atoms with Crippen LogP contribution in [0.4, 0.5) is 0 Å². The second kappa shape index (κ2) is 9.36. The number of nitrogens with zero attached hydrogens (tertiary/aromatic N) is 4. The van der Waals surface area contributed by atoms with Gasteiger partial charge in [-0.3, -0.25) is 9.59 Å². The quantitative estimate of drug-likeness (QED) is 0.570. The van der Waals surface area contributed by atoms with Crippen LogP contribution in [-0.2, 0) is 22.4 Å². The van der Waals surface area contributed by atoms with E-state index in [1.807, 2.05) is 30.3 Å². The van der Waals surface area contributed by atoms with Gasteiger partial charge in [-0.2, -0.15) is 4.98 Å². The molecule has 9 nitrogen and oxygen atoms in total. The van der Waals surface area contributed by atoms with Gasteiger partial charge in [-0.15, -0.1) is 0 Å². The Morgan fingerprint density at radius 2 is 1.82 bits per heavy atom. The van der Waals surface area contributed by atoms with E-state index in [-0.39, 0.29) is 37.0 Å². The molecule has 0 saturated heterocycles. The maximum Gasteiger partial charge on any atom is 0.308 e. The minimum Gasteiger partial charge on any atom is -0.481 e. The molecular formula is C19H19N5O4. The summed E-state index contributed by atoms with van der Waals surface area (Å²) in [7, 11) is 0. The summed E-state index contributed by atoms with van der Waals surface area (Å²) in [4.78, 5) is 35.7. The SMILES string of the molecule is O=C(CCc1nc(-c2ncccn2)no1)NCC(Cc1ccccc1)C(=O)O. The Morgan fingerprint density at radius 3 is 2.54 bits per heavy atom. The molecule has 1 atom stereocenters. The fraction of sp³-hybridized carbons (Fsp3) is 0.263. The second-order valence-electron chi connectivity index (χ2n) is 6.11. The highest BCUT2D eigenvalue weighted by atomic mass is 16.5. The lowest BCUT2D eigenvalue weighted by Crippen LogP contribution is -2.34. The highest BCUT2D eigenvalue weighted by molar-refractivity contribution is 5.77. The van der Waals surface area contributed by atoms with Crippen molar-refractivity contribution >= 4 is 11.9 Å². The standard InChI is InChI=1S/C19H19N5O4/c25-15(22-12-14(19(26)27)11-13-5-2-1-3-6-13)7-8-16-23-18(24-28-16)17-20-9-4-10-21-17/h1-6,9-10,14H,7-8,11-12H2,(H,22,25)(H,26,27). The van der Waals surface area contributed by atoms with Gasteiger partial charge in [0.15, 0.2) is 0 Å². The van der Waals surface area contributed by atoms with E-state index in [2.05, 4.69) is 25.4 Å². The lowest BCUT2D eigenvalue weighted by molar-refractivity contribution is -0.141. The van der Waals surface area contributed by atoms with Gasteiger partial charge in [0, 0.05) is 31.8 Å². The summed E-state index contributed by atoms with van der Waals surface area (Å²) in [5.74, 6) is -1.05. The van der Waals surface area contributed by atoms with Gasteiger partial charge in [0.1, 0.15) is 0 Å². The van der Waals surface area contributed by atoms with Crippen LogP contribution in [0.2, 0.25) is 0 Å². The van der Waals surface area contributed by atoms with Crippen molar-refractivity contribution in [3.05, 3.63) is 60.2 Å². The highest BCUT2D eigenvalue weighted by Gasteiger charge is 2.19. The van der Waals surface area contributed by atoms with Gasteiger partial charge < -0.3 is 14.9 Å². The number of carboxylic acid groups (broad SMARTS) is 1. The van der Waals surface area contributed by atoms with Crippen molar-refractivity contribution in [1.82, 2.24) is 25.4 Å². The number of nitrogens with one attached hydrogen (secondary N) is 1. The number of hydrogen-bond acceptors (Lipinski definition) is 7. The number of aryl methyl sites for hydroxylation is 1. The molecule has 0 aliphatic rings. The van der Waals surface area contributed by atoms with E-state index in [4.69, 9.17) is 4.52 Å². The minimum absolute atomic E-state index is 0.0516. The molecule has 2 aromatic heterocycles. The topological polar surface area (TPSA) is 131 Å². The Labute approximate surface area is 160 Å². The molecule has 0 aliphatic heterocycles. The van der Waals surface area contributed by atoms with Crippen LogP contribution in [0, 0.1) is 5.92 Å². The third-order valence-corrected chi connectivity index (χ3v) is 4.02. The average molecular weight is 381 g/mol. The lowest BCUT2D eigenvalue weighted by Gasteiger charge is -2.13. The summed E-state index contributed by atoms with van der Waals surface area (Å²) < 4.78 is 5.10. The largest absolute Gasteiger partial charge is 0.481 e. The van der Waals surface area contributed by atoms with Crippen LogP contribution in [-0.4, -0.2) is 43.6 Å². The predicted octanol–water partition coefficient (Wildman–Crippen LogP) is 1.52. The molecule has 2 N–H and O–H groups in total. The molecule has 1 unspecified atom stereocenters.